The second kappa shape index (κ2) is 6.24. The number of benzene rings is 2. The fourth-order valence-electron chi connectivity index (χ4n) is 3.20. The molecule has 27 heavy (non-hydrogen) atoms. The first-order chi connectivity index (χ1) is 12.8. The van der Waals surface area contributed by atoms with Gasteiger partial charge in [-0.05, 0) is 48.4 Å². The summed E-state index contributed by atoms with van der Waals surface area (Å²) in [5, 5.41) is 0.509. The van der Waals surface area contributed by atoms with E-state index in [0.717, 1.165) is 17.7 Å². The minimum Gasteiger partial charge on any atom is -0.423 e. The molecule has 0 saturated heterocycles. The summed E-state index contributed by atoms with van der Waals surface area (Å²) in [6.45, 7) is 2.08. The molecule has 1 aromatic heterocycles. The van der Waals surface area contributed by atoms with E-state index in [9.17, 15) is 18.0 Å². The van der Waals surface area contributed by atoms with Gasteiger partial charge in [0.2, 0.25) is 5.91 Å². The van der Waals surface area contributed by atoms with Crippen molar-refractivity contribution in [2.75, 3.05) is 16.2 Å². The highest BCUT2D eigenvalue weighted by molar-refractivity contribution is 7.92. The number of nitrogens with zero attached hydrogens (tertiary/aromatic N) is 1. The lowest BCUT2D eigenvalue weighted by atomic mass is 10.1. The number of nitrogens with one attached hydrogen (secondary N) is 1. The van der Waals surface area contributed by atoms with Crippen LogP contribution in [-0.2, 0) is 21.2 Å². The van der Waals surface area contributed by atoms with Gasteiger partial charge in [-0.3, -0.25) is 9.52 Å². The van der Waals surface area contributed by atoms with Gasteiger partial charge in [-0.1, -0.05) is 6.07 Å². The lowest BCUT2D eigenvalue weighted by Gasteiger charge is -2.16. The first-order valence-corrected chi connectivity index (χ1v) is 9.79. The molecule has 2 aromatic carbocycles. The summed E-state index contributed by atoms with van der Waals surface area (Å²) in [6, 6.07) is 12.2. The van der Waals surface area contributed by atoms with E-state index in [1.165, 1.54) is 37.3 Å². The second-order valence-corrected chi connectivity index (χ2v) is 8.01. The van der Waals surface area contributed by atoms with Gasteiger partial charge in [-0.15, -0.1) is 0 Å². The van der Waals surface area contributed by atoms with Crippen LogP contribution in [0, 0.1) is 0 Å². The van der Waals surface area contributed by atoms with Crippen molar-refractivity contribution in [2.45, 2.75) is 18.2 Å². The number of hydrogen-bond donors (Lipinski definition) is 1. The molecule has 1 amide bonds. The van der Waals surface area contributed by atoms with E-state index >= 15 is 0 Å². The number of fused-ring (bicyclic) bond motifs is 2. The predicted octanol–water partition coefficient (Wildman–Crippen LogP) is 2.50. The van der Waals surface area contributed by atoms with Gasteiger partial charge in [0.25, 0.3) is 10.0 Å². The van der Waals surface area contributed by atoms with Gasteiger partial charge < -0.3 is 9.32 Å². The maximum Gasteiger partial charge on any atom is 0.336 e. The molecule has 8 heteroatoms. The average Bonchev–Trinajstić information content (AvgIpc) is 3.04. The molecule has 0 aliphatic carbocycles. The third-order valence-corrected chi connectivity index (χ3v) is 5.89. The molecule has 1 aliphatic rings. The topological polar surface area (TPSA) is 96.7 Å². The zero-order valence-electron chi connectivity index (χ0n) is 14.4. The van der Waals surface area contributed by atoms with E-state index in [1.54, 1.807) is 17.0 Å². The van der Waals surface area contributed by atoms with Crippen LogP contribution in [0.3, 0.4) is 0 Å². The van der Waals surface area contributed by atoms with Crippen LogP contribution >= 0.6 is 0 Å². The third-order valence-electron chi connectivity index (χ3n) is 4.51. The largest absolute Gasteiger partial charge is 0.423 e. The van der Waals surface area contributed by atoms with Crippen LogP contribution in [0.1, 0.15) is 12.5 Å². The Morgan fingerprint density at radius 2 is 1.93 bits per heavy atom. The molecule has 7 nitrogen and oxygen atoms in total. The monoisotopic (exact) mass is 384 g/mol. The first-order valence-electron chi connectivity index (χ1n) is 8.31. The second-order valence-electron chi connectivity index (χ2n) is 6.32. The van der Waals surface area contributed by atoms with E-state index in [2.05, 4.69) is 4.72 Å². The number of anilines is 2. The van der Waals surface area contributed by atoms with Crippen molar-refractivity contribution in [3.05, 3.63) is 64.5 Å². The zero-order chi connectivity index (χ0) is 19.2. The Balaban J connectivity index is 1.68. The fraction of sp³-hybridized carbons (Fsp3) is 0.158. The minimum atomic E-state index is -3.84. The van der Waals surface area contributed by atoms with Crippen LogP contribution in [0.5, 0.6) is 0 Å². The summed E-state index contributed by atoms with van der Waals surface area (Å²) in [5.74, 6) is -0.0789. The molecule has 1 N–H and O–H groups in total. The van der Waals surface area contributed by atoms with Crippen molar-refractivity contribution in [3.63, 3.8) is 0 Å². The summed E-state index contributed by atoms with van der Waals surface area (Å²) in [4.78, 5) is 24.7. The molecule has 0 radical (unpaired) electrons. The molecule has 4 rings (SSSR count). The van der Waals surface area contributed by atoms with Crippen molar-refractivity contribution >= 4 is 38.3 Å². The Morgan fingerprint density at radius 3 is 2.70 bits per heavy atom. The van der Waals surface area contributed by atoms with Gasteiger partial charge >= 0.3 is 5.63 Å². The number of hydrogen-bond acceptors (Lipinski definition) is 5. The highest BCUT2D eigenvalue weighted by Crippen LogP contribution is 2.32. The van der Waals surface area contributed by atoms with Crippen molar-refractivity contribution < 1.29 is 17.6 Å². The molecular formula is C19H16N2O5S. The quantitative estimate of drug-likeness (QED) is 0.700. The highest BCUT2D eigenvalue weighted by Gasteiger charge is 2.23. The van der Waals surface area contributed by atoms with Gasteiger partial charge in [-0.25, -0.2) is 13.2 Å². The third kappa shape index (κ3) is 3.19. The van der Waals surface area contributed by atoms with Crippen LogP contribution in [0.15, 0.2) is 62.6 Å². The van der Waals surface area contributed by atoms with Crippen LogP contribution in [0.25, 0.3) is 11.0 Å². The maximum absolute atomic E-state index is 12.7. The molecule has 1 aliphatic heterocycles. The molecule has 2 heterocycles. The van der Waals surface area contributed by atoms with Gasteiger partial charge in [0, 0.05) is 30.6 Å². The van der Waals surface area contributed by atoms with Crippen molar-refractivity contribution in [2.24, 2.45) is 0 Å². The average molecular weight is 384 g/mol. The summed E-state index contributed by atoms with van der Waals surface area (Å²) < 4.78 is 33.1. The molecule has 0 atom stereocenters. The number of amides is 1. The Bertz CT molecular complexity index is 1230. The van der Waals surface area contributed by atoms with Crippen LogP contribution in [0.4, 0.5) is 11.4 Å². The molecule has 3 aromatic rings. The highest BCUT2D eigenvalue weighted by atomic mass is 32.2. The number of rotatable bonds is 3. The molecule has 138 valence electrons. The van der Waals surface area contributed by atoms with Gasteiger partial charge in [0.1, 0.15) is 5.58 Å². The molecular weight excluding hydrogens is 368 g/mol. The molecule has 0 bridgehead atoms. The smallest absolute Gasteiger partial charge is 0.336 e. The summed E-state index contributed by atoms with van der Waals surface area (Å²) >= 11 is 0. The van der Waals surface area contributed by atoms with E-state index < -0.39 is 15.6 Å². The van der Waals surface area contributed by atoms with Gasteiger partial charge in [-0.2, -0.15) is 0 Å². The predicted molar refractivity (Wildman–Crippen MR) is 101 cm³/mol. The standard InChI is InChI=1S/C19H16N2O5S/c1-12(22)21-9-8-13-2-4-15(11-17(13)21)20-27(24,25)16-5-6-18-14(10-16)3-7-19(23)26-18/h2-7,10-11,20H,8-9H2,1H3. The van der Waals surface area contributed by atoms with Gasteiger partial charge in [0.05, 0.1) is 10.6 Å². The number of carbonyl (C=O) groups is 1. The van der Waals surface area contributed by atoms with E-state index in [1.807, 2.05) is 6.07 Å². The molecule has 0 spiro atoms. The summed E-state index contributed by atoms with van der Waals surface area (Å²) in [5.41, 5.74) is 1.93. The maximum atomic E-state index is 12.7. The van der Waals surface area contributed by atoms with Crippen molar-refractivity contribution in [1.29, 1.82) is 0 Å². The van der Waals surface area contributed by atoms with Crippen molar-refractivity contribution in [3.8, 4) is 0 Å². The van der Waals surface area contributed by atoms with E-state index in [-0.39, 0.29) is 10.8 Å². The fourth-order valence-corrected chi connectivity index (χ4v) is 4.29. The Labute approximate surface area is 155 Å². The molecule has 0 fully saturated rings. The minimum absolute atomic E-state index is 0.0489. The van der Waals surface area contributed by atoms with Crippen LogP contribution < -0.4 is 15.2 Å². The molecule has 0 saturated carbocycles. The Kier molecular flexibility index (Phi) is 4.00. The lowest BCUT2D eigenvalue weighted by Crippen LogP contribution is -2.25. The lowest BCUT2D eigenvalue weighted by molar-refractivity contribution is -0.116. The van der Waals surface area contributed by atoms with Crippen LogP contribution in [0.2, 0.25) is 0 Å². The SMILES string of the molecule is CC(=O)N1CCc2ccc(NS(=O)(=O)c3ccc4oc(=O)ccc4c3)cc21. The Morgan fingerprint density at radius 1 is 1.11 bits per heavy atom. The molecule has 0 unspecified atom stereocenters. The summed E-state index contributed by atoms with van der Waals surface area (Å²) in [6.07, 6.45) is 0.748. The normalized spacial score (nSPS) is 13.6. The number of sulfonamides is 1. The van der Waals surface area contributed by atoms with E-state index in [0.29, 0.717) is 23.2 Å². The first kappa shape index (κ1) is 17.3. The van der Waals surface area contributed by atoms with Gasteiger partial charge in [0.15, 0.2) is 0 Å². The Hall–Kier alpha value is -3.13. The van der Waals surface area contributed by atoms with Crippen molar-refractivity contribution in [1.82, 2.24) is 0 Å². The van der Waals surface area contributed by atoms with E-state index in [4.69, 9.17) is 4.42 Å². The van der Waals surface area contributed by atoms with Crippen LogP contribution in [-0.4, -0.2) is 20.9 Å². The summed E-state index contributed by atoms with van der Waals surface area (Å²) in [7, 11) is -3.84. The zero-order valence-corrected chi connectivity index (χ0v) is 15.2. The number of carbonyl (C=O) groups excluding carboxylic acids is 1.